The molecule has 0 aliphatic heterocycles. The van der Waals surface area contributed by atoms with E-state index in [2.05, 4.69) is 4.18 Å². The van der Waals surface area contributed by atoms with Crippen LogP contribution >= 0.6 is 11.8 Å². The van der Waals surface area contributed by atoms with Crippen LogP contribution in [0.15, 0.2) is 36.4 Å². The molecule has 0 heterocycles. The smallest absolute Gasteiger partial charge is 0.494 e. The van der Waals surface area contributed by atoms with Gasteiger partial charge in [-0.25, -0.2) is 0 Å². The Morgan fingerprint density at radius 3 is 2.25 bits per heavy atom. The lowest BCUT2D eigenvalue weighted by Crippen LogP contribution is -2.28. The average molecular weight is 435 g/mol. The zero-order valence-electron chi connectivity index (χ0n) is 15.7. The van der Waals surface area contributed by atoms with Crippen molar-refractivity contribution in [3.05, 3.63) is 47.5 Å². The molecule has 0 aliphatic rings. The molecule has 0 saturated heterocycles. The Labute approximate surface area is 167 Å². The first-order valence-electron chi connectivity index (χ1n) is 8.39. The number of aryl methyl sites for hydroxylation is 2. The van der Waals surface area contributed by atoms with Gasteiger partial charge in [-0.3, -0.25) is 0 Å². The van der Waals surface area contributed by atoms with Crippen molar-refractivity contribution in [1.29, 1.82) is 0 Å². The Morgan fingerprint density at radius 2 is 1.68 bits per heavy atom. The molecule has 0 N–H and O–H groups in total. The molecule has 0 radical (unpaired) electrons. The molecule has 0 unspecified atom stereocenters. The number of benzene rings is 2. The van der Waals surface area contributed by atoms with Crippen molar-refractivity contribution in [2.24, 2.45) is 0 Å². The number of hydrogen-bond acceptors (Lipinski definition) is 5. The molecule has 0 atom stereocenters. The minimum Gasteiger partial charge on any atom is -0.494 e. The predicted octanol–water partition coefficient (Wildman–Crippen LogP) is 5.33. The van der Waals surface area contributed by atoms with E-state index in [1.807, 2.05) is 32.2 Å². The van der Waals surface area contributed by atoms with Gasteiger partial charge in [0.05, 0.1) is 6.61 Å². The van der Waals surface area contributed by atoms with Crippen LogP contribution in [-0.4, -0.2) is 32.5 Å². The van der Waals surface area contributed by atoms with Gasteiger partial charge in [-0.05, 0) is 78.8 Å². The quantitative estimate of drug-likeness (QED) is 0.319. The number of rotatable bonds is 8. The molecule has 0 amide bonds. The fourth-order valence-electron chi connectivity index (χ4n) is 2.73. The maximum atomic E-state index is 12.5. The molecule has 0 bridgehead atoms. The van der Waals surface area contributed by atoms with Gasteiger partial charge in [0.1, 0.15) is 11.5 Å². The Hall–Kier alpha value is -1.87. The summed E-state index contributed by atoms with van der Waals surface area (Å²) in [5.41, 5.74) is -2.43. The minimum absolute atomic E-state index is 0.397. The maximum absolute atomic E-state index is 12.5. The molecule has 2 aromatic carbocycles. The largest absolute Gasteiger partial charge is 0.534 e. The second-order valence-electron chi connectivity index (χ2n) is 6.14. The molecule has 0 spiro atoms. The third-order valence-electron chi connectivity index (χ3n) is 3.88. The van der Waals surface area contributed by atoms with Crippen molar-refractivity contribution in [3.8, 4) is 22.6 Å². The highest BCUT2D eigenvalue weighted by atomic mass is 32.2. The van der Waals surface area contributed by atoms with Gasteiger partial charge in [0.25, 0.3) is 0 Å². The summed E-state index contributed by atoms with van der Waals surface area (Å²) < 4.78 is 70.0. The Morgan fingerprint density at radius 1 is 1.04 bits per heavy atom. The lowest BCUT2D eigenvalue weighted by Gasteiger charge is -2.15. The SMILES string of the molecule is CSCCCOc1cc(C)c(-c2cccc(OS(=O)(=O)C(F)(F)F)c2)c(C)c1. The fourth-order valence-corrected chi connectivity index (χ4v) is 3.59. The topological polar surface area (TPSA) is 52.6 Å². The van der Waals surface area contributed by atoms with E-state index in [1.165, 1.54) is 18.2 Å². The van der Waals surface area contributed by atoms with Crippen LogP contribution in [-0.2, 0) is 10.1 Å². The van der Waals surface area contributed by atoms with E-state index in [9.17, 15) is 21.6 Å². The van der Waals surface area contributed by atoms with Crippen molar-refractivity contribution >= 4 is 21.9 Å². The second kappa shape index (κ2) is 9.09. The molecule has 2 aromatic rings. The summed E-state index contributed by atoms with van der Waals surface area (Å²) in [6.07, 6.45) is 2.95. The predicted molar refractivity (Wildman–Crippen MR) is 105 cm³/mol. The van der Waals surface area contributed by atoms with Gasteiger partial charge in [0.2, 0.25) is 0 Å². The van der Waals surface area contributed by atoms with Crippen LogP contribution in [0.1, 0.15) is 17.5 Å². The Balaban J connectivity index is 2.28. The summed E-state index contributed by atoms with van der Waals surface area (Å²) in [5, 5.41) is 0. The summed E-state index contributed by atoms with van der Waals surface area (Å²) in [6, 6.07) is 9.27. The number of alkyl halides is 3. The Bertz CT molecular complexity index is 902. The summed E-state index contributed by atoms with van der Waals surface area (Å²) in [6.45, 7) is 4.31. The molecule has 154 valence electrons. The monoisotopic (exact) mass is 434 g/mol. The van der Waals surface area contributed by atoms with Crippen molar-refractivity contribution in [2.75, 3.05) is 18.6 Å². The van der Waals surface area contributed by atoms with Crippen LogP contribution in [0.25, 0.3) is 11.1 Å². The first kappa shape index (κ1) is 22.4. The summed E-state index contributed by atoms with van der Waals surface area (Å²) in [7, 11) is -5.71. The highest BCUT2D eigenvalue weighted by Gasteiger charge is 2.48. The highest BCUT2D eigenvalue weighted by Crippen LogP contribution is 2.34. The summed E-state index contributed by atoms with van der Waals surface area (Å²) >= 11 is 1.74. The van der Waals surface area contributed by atoms with E-state index in [0.717, 1.165) is 28.9 Å². The van der Waals surface area contributed by atoms with Crippen molar-refractivity contribution < 1.29 is 30.5 Å². The van der Waals surface area contributed by atoms with Crippen molar-refractivity contribution in [3.63, 3.8) is 0 Å². The zero-order valence-corrected chi connectivity index (χ0v) is 17.3. The highest BCUT2D eigenvalue weighted by molar-refractivity contribution is 7.98. The van der Waals surface area contributed by atoms with Gasteiger partial charge in [0, 0.05) is 0 Å². The summed E-state index contributed by atoms with van der Waals surface area (Å²) in [5.74, 6) is 1.32. The number of thioether (sulfide) groups is 1. The molecule has 4 nitrogen and oxygen atoms in total. The molecular weight excluding hydrogens is 413 g/mol. The van der Waals surface area contributed by atoms with E-state index in [0.29, 0.717) is 17.9 Å². The van der Waals surface area contributed by atoms with E-state index < -0.39 is 21.4 Å². The van der Waals surface area contributed by atoms with E-state index in [4.69, 9.17) is 4.74 Å². The van der Waals surface area contributed by atoms with Crippen LogP contribution < -0.4 is 8.92 Å². The molecule has 9 heteroatoms. The molecule has 0 aliphatic carbocycles. The molecule has 28 heavy (non-hydrogen) atoms. The lowest BCUT2D eigenvalue weighted by molar-refractivity contribution is -0.0500. The van der Waals surface area contributed by atoms with E-state index in [-0.39, 0.29) is 0 Å². The maximum Gasteiger partial charge on any atom is 0.534 e. The zero-order chi connectivity index (χ0) is 20.9. The van der Waals surface area contributed by atoms with E-state index >= 15 is 0 Å². The van der Waals surface area contributed by atoms with Gasteiger partial charge in [-0.1, -0.05) is 12.1 Å². The second-order valence-corrected chi connectivity index (χ2v) is 8.66. The first-order chi connectivity index (χ1) is 13.0. The third-order valence-corrected chi connectivity index (χ3v) is 5.56. The van der Waals surface area contributed by atoms with Crippen molar-refractivity contribution in [1.82, 2.24) is 0 Å². The standard InChI is InChI=1S/C19H21F3O4S2/c1-13-10-17(25-8-5-9-27-3)11-14(2)18(13)15-6-4-7-16(12-15)26-28(23,24)19(20,21)22/h4,6-7,10-12H,5,8-9H2,1-3H3. The van der Waals surface area contributed by atoms with Crippen LogP contribution in [0.4, 0.5) is 13.2 Å². The summed E-state index contributed by atoms with van der Waals surface area (Å²) in [4.78, 5) is 0. The molecule has 0 saturated carbocycles. The first-order valence-corrected chi connectivity index (χ1v) is 11.2. The van der Waals surface area contributed by atoms with Gasteiger partial charge < -0.3 is 8.92 Å². The number of hydrogen-bond donors (Lipinski definition) is 0. The Kier molecular flexibility index (Phi) is 7.28. The fraction of sp³-hybridized carbons (Fsp3) is 0.368. The van der Waals surface area contributed by atoms with Gasteiger partial charge in [-0.15, -0.1) is 0 Å². The van der Waals surface area contributed by atoms with Gasteiger partial charge >= 0.3 is 15.6 Å². The van der Waals surface area contributed by atoms with Gasteiger partial charge in [0.15, 0.2) is 0 Å². The third kappa shape index (κ3) is 5.57. The average Bonchev–Trinajstić information content (AvgIpc) is 2.57. The minimum atomic E-state index is -5.71. The number of halogens is 3. The lowest BCUT2D eigenvalue weighted by atomic mass is 9.95. The van der Waals surface area contributed by atoms with Crippen LogP contribution in [0.2, 0.25) is 0 Å². The molecule has 2 rings (SSSR count). The van der Waals surface area contributed by atoms with Crippen LogP contribution in [0, 0.1) is 13.8 Å². The molecule has 0 aromatic heterocycles. The van der Waals surface area contributed by atoms with Gasteiger partial charge in [-0.2, -0.15) is 33.4 Å². The molecule has 0 fully saturated rings. The van der Waals surface area contributed by atoms with Crippen molar-refractivity contribution in [2.45, 2.75) is 25.8 Å². The normalized spacial score (nSPS) is 12.1. The van der Waals surface area contributed by atoms with E-state index in [1.54, 1.807) is 17.8 Å². The number of ether oxygens (including phenoxy) is 1. The van der Waals surface area contributed by atoms with Crippen LogP contribution in [0.3, 0.4) is 0 Å². The van der Waals surface area contributed by atoms with Crippen LogP contribution in [0.5, 0.6) is 11.5 Å². The molecular formula is C19H21F3O4S2.